The van der Waals surface area contributed by atoms with E-state index >= 15 is 0 Å². The maximum atomic E-state index is 11.5. The largest absolute Gasteiger partial charge is 0.495 e. The summed E-state index contributed by atoms with van der Waals surface area (Å²) in [4.78, 5) is 11.7. The molecule has 17 heavy (non-hydrogen) atoms. The van der Waals surface area contributed by atoms with Crippen molar-refractivity contribution in [2.75, 3.05) is 12.4 Å². The molecule has 0 saturated heterocycles. The Morgan fingerprint density at radius 2 is 2.24 bits per heavy atom. The first kappa shape index (κ1) is 12.1. The van der Waals surface area contributed by atoms with Crippen LogP contribution in [-0.2, 0) is 15.9 Å². The number of amides is 1. The first-order valence-electron chi connectivity index (χ1n) is 5.21. The molecule has 0 aliphatic heterocycles. The number of rotatable bonds is 4. The maximum Gasteiger partial charge on any atom is 0.227 e. The number of benzene rings is 1. The average Bonchev–Trinajstić information content (AvgIpc) is 3.12. The molecule has 0 radical (unpaired) electrons. The van der Waals surface area contributed by atoms with Crippen LogP contribution in [0.5, 0.6) is 5.75 Å². The molecule has 1 aliphatic rings. The van der Waals surface area contributed by atoms with Gasteiger partial charge in [0.1, 0.15) is 10.6 Å². The van der Waals surface area contributed by atoms with Gasteiger partial charge >= 0.3 is 0 Å². The molecule has 1 aromatic rings. The fraction of sp³-hybridized carbons (Fsp3) is 0.364. The van der Waals surface area contributed by atoms with Crippen LogP contribution < -0.4 is 10.1 Å². The smallest absolute Gasteiger partial charge is 0.227 e. The highest BCUT2D eigenvalue weighted by atomic mass is 32.2. The summed E-state index contributed by atoms with van der Waals surface area (Å²) in [6.07, 6.45) is 1.86. The minimum atomic E-state index is -2.10. The van der Waals surface area contributed by atoms with Gasteiger partial charge in [-0.15, -0.1) is 0 Å². The van der Waals surface area contributed by atoms with E-state index < -0.39 is 11.1 Å². The molecule has 1 aliphatic carbocycles. The molecular formula is C11H13NO4S. The molecule has 1 atom stereocenters. The number of nitrogens with one attached hydrogen (secondary N) is 1. The van der Waals surface area contributed by atoms with E-state index in [0.29, 0.717) is 11.4 Å². The minimum absolute atomic E-state index is 0.00933. The third-order valence-electron chi connectivity index (χ3n) is 2.57. The predicted octanol–water partition coefficient (Wildman–Crippen LogP) is 1.62. The van der Waals surface area contributed by atoms with Gasteiger partial charge in [-0.3, -0.25) is 4.79 Å². The van der Waals surface area contributed by atoms with Crippen LogP contribution in [0.3, 0.4) is 0 Å². The third-order valence-corrected chi connectivity index (χ3v) is 3.28. The summed E-state index contributed by atoms with van der Waals surface area (Å²) in [5.41, 5.74) is 0.577. The van der Waals surface area contributed by atoms with Crippen LogP contribution in [0.15, 0.2) is 23.1 Å². The highest BCUT2D eigenvalue weighted by Gasteiger charge is 2.29. The van der Waals surface area contributed by atoms with E-state index in [1.54, 1.807) is 12.1 Å². The Morgan fingerprint density at radius 3 is 2.76 bits per heavy atom. The molecule has 2 rings (SSSR count). The van der Waals surface area contributed by atoms with Crippen LogP contribution in [0.4, 0.5) is 5.69 Å². The van der Waals surface area contributed by atoms with Crippen molar-refractivity contribution in [3.05, 3.63) is 18.2 Å². The molecule has 0 bridgehead atoms. The summed E-state index contributed by atoms with van der Waals surface area (Å²) >= 11 is -2.10. The van der Waals surface area contributed by atoms with Gasteiger partial charge in [0.15, 0.2) is 11.1 Å². The van der Waals surface area contributed by atoms with Crippen molar-refractivity contribution in [3.8, 4) is 5.75 Å². The van der Waals surface area contributed by atoms with E-state index in [4.69, 9.17) is 9.29 Å². The fourth-order valence-electron chi connectivity index (χ4n) is 1.48. The molecule has 5 nitrogen and oxygen atoms in total. The molecule has 0 aromatic heterocycles. The molecule has 0 spiro atoms. The molecule has 1 unspecified atom stereocenters. The molecule has 6 heteroatoms. The van der Waals surface area contributed by atoms with E-state index in [1.165, 1.54) is 13.2 Å². The standard InChI is InChI=1S/C11H13NO4S/c1-16-9-6-8(4-5-10(9)17(14)15)12-11(13)7-2-3-7/h4-7H,2-3H2,1H3,(H,12,13)(H,14,15). The van der Waals surface area contributed by atoms with E-state index in [2.05, 4.69) is 5.32 Å². The minimum Gasteiger partial charge on any atom is -0.495 e. The molecule has 2 N–H and O–H groups in total. The second-order valence-electron chi connectivity index (χ2n) is 3.88. The van der Waals surface area contributed by atoms with Crippen LogP contribution >= 0.6 is 0 Å². The molecule has 1 fully saturated rings. The van der Waals surface area contributed by atoms with Gasteiger partial charge in [-0.2, -0.15) is 0 Å². The summed E-state index contributed by atoms with van der Waals surface area (Å²) in [5.74, 6) is 0.400. The predicted molar refractivity (Wildman–Crippen MR) is 63.4 cm³/mol. The van der Waals surface area contributed by atoms with Gasteiger partial charge in [0.05, 0.1) is 7.11 Å². The number of ether oxygens (including phenoxy) is 1. The SMILES string of the molecule is COc1cc(NC(=O)C2CC2)ccc1S(=O)O. The van der Waals surface area contributed by atoms with Crippen molar-refractivity contribution in [3.63, 3.8) is 0 Å². The van der Waals surface area contributed by atoms with E-state index in [9.17, 15) is 9.00 Å². The molecular weight excluding hydrogens is 242 g/mol. The number of methoxy groups -OCH3 is 1. The molecule has 1 saturated carbocycles. The van der Waals surface area contributed by atoms with Crippen molar-refractivity contribution in [2.45, 2.75) is 17.7 Å². The number of carbonyl (C=O) groups is 1. The lowest BCUT2D eigenvalue weighted by Crippen LogP contribution is -2.13. The Bertz CT molecular complexity index is 471. The third kappa shape index (κ3) is 2.83. The molecule has 92 valence electrons. The Balaban J connectivity index is 2.18. The van der Waals surface area contributed by atoms with Crippen LogP contribution in [0.25, 0.3) is 0 Å². The summed E-state index contributed by atoms with van der Waals surface area (Å²) in [6, 6.07) is 4.60. The van der Waals surface area contributed by atoms with Gasteiger partial charge in [-0.25, -0.2) is 4.21 Å². The lowest BCUT2D eigenvalue weighted by molar-refractivity contribution is -0.117. The van der Waals surface area contributed by atoms with Crippen molar-refractivity contribution in [2.24, 2.45) is 5.92 Å². The lowest BCUT2D eigenvalue weighted by atomic mass is 10.3. The van der Waals surface area contributed by atoms with E-state index in [0.717, 1.165) is 12.8 Å². The Kier molecular flexibility index (Phi) is 3.44. The monoisotopic (exact) mass is 255 g/mol. The fourth-order valence-corrected chi connectivity index (χ4v) is 1.98. The zero-order valence-electron chi connectivity index (χ0n) is 9.30. The zero-order valence-corrected chi connectivity index (χ0v) is 10.1. The summed E-state index contributed by atoms with van der Waals surface area (Å²) in [5, 5.41) is 2.75. The number of hydrogen-bond donors (Lipinski definition) is 2. The van der Waals surface area contributed by atoms with Crippen LogP contribution in [0.1, 0.15) is 12.8 Å². The van der Waals surface area contributed by atoms with Crippen LogP contribution in [0.2, 0.25) is 0 Å². The number of hydrogen-bond acceptors (Lipinski definition) is 3. The highest BCUT2D eigenvalue weighted by Crippen LogP contribution is 2.31. The molecule has 1 aromatic carbocycles. The zero-order chi connectivity index (χ0) is 12.4. The first-order chi connectivity index (χ1) is 8.11. The van der Waals surface area contributed by atoms with Gasteiger partial charge in [-0.05, 0) is 25.0 Å². The Hall–Kier alpha value is -1.40. The summed E-state index contributed by atoms with van der Waals surface area (Å²) in [6.45, 7) is 0. The Morgan fingerprint density at radius 1 is 1.53 bits per heavy atom. The van der Waals surface area contributed by atoms with Crippen molar-refractivity contribution < 1.29 is 18.3 Å². The highest BCUT2D eigenvalue weighted by molar-refractivity contribution is 7.79. The van der Waals surface area contributed by atoms with Gasteiger partial charge in [0.25, 0.3) is 0 Å². The number of carbonyl (C=O) groups excluding carboxylic acids is 1. The van der Waals surface area contributed by atoms with E-state index in [-0.39, 0.29) is 16.7 Å². The van der Waals surface area contributed by atoms with Crippen LogP contribution in [-0.4, -0.2) is 21.8 Å². The second kappa shape index (κ2) is 4.85. The summed E-state index contributed by atoms with van der Waals surface area (Å²) < 4.78 is 25.0. The van der Waals surface area contributed by atoms with E-state index in [1.807, 2.05) is 0 Å². The van der Waals surface area contributed by atoms with Gasteiger partial charge < -0.3 is 14.6 Å². The van der Waals surface area contributed by atoms with Gasteiger partial charge in [-0.1, -0.05) is 0 Å². The summed E-state index contributed by atoms with van der Waals surface area (Å²) in [7, 11) is 1.41. The average molecular weight is 255 g/mol. The quantitative estimate of drug-likeness (QED) is 0.802. The van der Waals surface area contributed by atoms with Crippen molar-refractivity contribution in [1.29, 1.82) is 0 Å². The second-order valence-corrected chi connectivity index (χ2v) is 4.82. The maximum absolute atomic E-state index is 11.5. The van der Waals surface area contributed by atoms with Gasteiger partial charge in [0, 0.05) is 17.7 Å². The first-order valence-corrected chi connectivity index (χ1v) is 6.32. The topological polar surface area (TPSA) is 75.6 Å². The molecule has 1 amide bonds. The van der Waals surface area contributed by atoms with Crippen molar-refractivity contribution >= 4 is 22.7 Å². The molecule has 0 heterocycles. The number of anilines is 1. The van der Waals surface area contributed by atoms with Crippen LogP contribution in [0, 0.1) is 5.92 Å². The Labute approximate surface area is 101 Å². The van der Waals surface area contributed by atoms with Crippen molar-refractivity contribution in [1.82, 2.24) is 0 Å². The normalized spacial score (nSPS) is 16.4. The lowest BCUT2D eigenvalue weighted by Gasteiger charge is -2.09. The van der Waals surface area contributed by atoms with Gasteiger partial charge in [0.2, 0.25) is 5.91 Å².